The van der Waals surface area contributed by atoms with Crippen LogP contribution in [0.1, 0.15) is 31.2 Å². The van der Waals surface area contributed by atoms with Gasteiger partial charge < -0.3 is 14.8 Å². The molecular weight excluding hydrogens is 366 g/mol. The molecule has 6 heteroatoms. The first-order valence-corrected chi connectivity index (χ1v) is 9.83. The molecule has 152 valence electrons. The van der Waals surface area contributed by atoms with Crippen LogP contribution in [0.3, 0.4) is 0 Å². The van der Waals surface area contributed by atoms with Gasteiger partial charge in [0.25, 0.3) is 0 Å². The van der Waals surface area contributed by atoms with Gasteiger partial charge in [0, 0.05) is 30.7 Å². The first kappa shape index (κ1) is 20.6. The first-order valence-electron chi connectivity index (χ1n) is 9.83. The van der Waals surface area contributed by atoms with E-state index in [2.05, 4.69) is 15.5 Å². The van der Waals surface area contributed by atoms with Crippen molar-refractivity contribution < 1.29 is 14.3 Å². The van der Waals surface area contributed by atoms with Crippen molar-refractivity contribution in [1.29, 1.82) is 0 Å². The minimum absolute atomic E-state index is 0.0363. The van der Waals surface area contributed by atoms with E-state index in [1.54, 1.807) is 13.3 Å². The minimum atomic E-state index is -0.279. The maximum Gasteiger partial charge on any atom is 0.231 e. The summed E-state index contributed by atoms with van der Waals surface area (Å²) in [6.07, 6.45) is 5.12. The molecular formula is C23H27N3O3. The van der Waals surface area contributed by atoms with Gasteiger partial charge in [0.1, 0.15) is 5.75 Å². The Morgan fingerprint density at radius 1 is 1.17 bits per heavy atom. The van der Waals surface area contributed by atoms with Gasteiger partial charge in [-0.05, 0) is 55.2 Å². The molecule has 2 N–H and O–H groups in total. The lowest BCUT2D eigenvalue weighted by atomic mass is 9.93. The van der Waals surface area contributed by atoms with Crippen LogP contribution in [0.5, 0.6) is 5.75 Å². The van der Waals surface area contributed by atoms with Crippen LogP contribution in [-0.2, 0) is 9.53 Å². The molecule has 0 saturated heterocycles. The fraction of sp³-hybridized carbons (Fsp3) is 0.304. The Kier molecular flexibility index (Phi) is 7.41. The van der Waals surface area contributed by atoms with Crippen LogP contribution in [0.15, 0.2) is 60.9 Å². The zero-order valence-corrected chi connectivity index (χ0v) is 16.9. The molecule has 0 aliphatic rings. The highest BCUT2D eigenvalue weighted by molar-refractivity contribution is 5.96. The normalized spacial score (nSPS) is 11.8. The number of carbonyl (C=O) groups is 1. The topological polar surface area (TPSA) is 76.2 Å². The third-order valence-corrected chi connectivity index (χ3v) is 4.78. The Labute approximate surface area is 171 Å². The van der Waals surface area contributed by atoms with E-state index in [0.717, 1.165) is 34.5 Å². The Morgan fingerprint density at radius 3 is 2.69 bits per heavy atom. The van der Waals surface area contributed by atoms with Crippen molar-refractivity contribution >= 4 is 11.6 Å². The van der Waals surface area contributed by atoms with E-state index in [1.165, 1.54) is 0 Å². The van der Waals surface area contributed by atoms with Crippen LogP contribution in [0.4, 0.5) is 5.69 Å². The summed E-state index contributed by atoms with van der Waals surface area (Å²) in [7, 11) is 1.63. The number of amides is 1. The second-order valence-corrected chi connectivity index (χ2v) is 6.72. The van der Waals surface area contributed by atoms with E-state index in [1.807, 2.05) is 61.7 Å². The fourth-order valence-corrected chi connectivity index (χ4v) is 3.23. The van der Waals surface area contributed by atoms with Crippen LogP contribution in [0, 0.1) is 0 Å². The van der Waals surface area contributed by atoms with Gasteiger partial charge in [-0.15, -0.1) is 0 Å². The van der Waals surface area contributed by atoms with Gasteiger partial charge >= 0.3 is 0 Å². The van der Waals surface area contributed by atoms with Crippen molar-refractivity contribution in [3.05, 3.63) is 66.5 Å². The highest BCUT2D eigenvalue weighted by Gasteiger charge is 2.21. The Hall–Kier alpha value is -3.12. The zero-order chi connectivity index (χ0) is 20.5. The van der Waals surface area contributed by atoms with Crippen LogP contribution in [-0.4, -0.2) is 36.4 Å². The van der Waals surface area contributed by atoms with Crippen molar-refractivity contribution in [2.24, 2.45) is 0 Å². The number of anilines is 1. The molecule has 1 heterocycles. The summed E-state index contributed by atoms with van der Waals surface area (Å²) >= 11 is 0. The number of H-pyrrole nitrogens is 1. The lowest BCUT2D eigenvalue weighted by Gasteiger charge is -2.18. The number of nitrogens with zero attached hydrogens (tertiary/aromatic N) is 1. The number of benzene rings is 2. The average molecular weight is 393 g/mol. The van der Waals surface area contributed by atoms with E-state index in [4.69, 9.17) is 9.47 Å². The summed E-state index contributed by atoms with van der Waals surface area (Å²) in [5, 5.41) is 9.82. The largest absolute Gasteiger partial charge is 0.497 e. The van der Waals surface area contributed by atoms with Gasteiger partial charge in [-0.25, -0.2) is 0 Å². The van der Waals surface area contributed by atoms with Crippen molar-refractivity contribution in [3.63, 3.8) is 0 Å². The van der Waals surface area contributed by atoms with E-state index in [-0.39, 0.29) is 11.8 Å². The minimum Gasteiger partial charge on any atom is -0.497 e. The lowest BCUT2D eigenvalue weighted by molar-refractivity contribution is -0.117. The van der Waals surface area contributed by atoms with Crippen LogP contribution >= 0.6 is 0 Å². The van der Waals surface area contributed by atoms with Crippen molar-refractivity contribution in [1.82, 2.24) is 10.2 Å². The third kappa shape index (κ3) is 5.68. The molecule has 0 fully saturated rings. The van der Waals surface area contributed by atoms with Gasteiger partial charge in [0.2, 0.25) is 5.91 Å². The molecule has 1 unspecified atom stereocenters. The monoisotopic (exact) mass is 393 g/mol. The second-order valence-electron chi connectivity index (χ2n) is 6.72. The quantitative estimate of drug-likeness (QED) is 0.493. The summed E-state index contributed by atoms with van der Waals surface area (Å²) in [4.78, 5) is 13.1. The van der Waals surface area contributed by atoms with E-state index < -0.39 is 0 Å². The number of carbonyl (C=O) groups excluding carboxylic acids is 1. The number of hydrogen-bond acceptors (Lipinski definition) is 4. The number of rotatable bonds is 10. The summed E-state index contributed by atoms with van der Waals surface area (Å²) in [6.45, 7) is 3.29. The van der Waals surface area contributed by atoms with E-state index >= 15 is 0 Å². The number of aromatic amines is 1. The molecule has 0 saturated carbocycles. The van der Waals surface area contributed by atoms with Crippen LogP contribution in [0.25, 0.3) is 11.1 Å². The summed E-state index contributed by atoms with van der Waals surface area (Å²) in [6, 6.07) is 15.4. The van der Waals surface area contributed by atoms with Crippen LogP contribution < -0.4 is 10.1 Å². The highest BCUT2D eigenvalue weighted by atomic mass is 16.5. The molecule has 0 spiro atoms. The molecule has 1 atom stereocenters. The number of nitrogens with one attached hydrogen (secondary N) is 2. The maximum absolute atomic E-state index is 13.1. The molecule has 2 aromatic carbocycles. The molecule has 3 aromatic rings. The summed E-state index contributed by atoms with van der Waals surface area (Å²) in [5.74, 6) is 0.430. The number of aromatic nitrogens is 2. The van der Waals surface area contributed by atoms with Crippen molar-refractivity contribution in [2.45, 2.75) is 25.7 Å². The Balaban J connectivity index is 1.72. The van der Waals surface area contributed by atoms with Crippen molar-refractivity contribution in [2.75, 3.05) is 25.6 Å². The molecule has 0 radical (unpaired) electrons. The van der Waals surface area contributed by atoms with E-state index in [0.29, 0.717) is 19.6 Å². The van der Waals surface area contributed by atoms with Gasteiger partial charge in [0.15, 0.2) is 0 Å². The predicted octanol–water partition coefficient (Wildman–Crippen LogP) is 4.62. The molecule has 0 aliphatic carbocycles. The highest BCUT2D eigenvalue weighted by Crippen LogP contribution is 2.27. The average Bonchev–Trinajstić information content (AvgIpc) is 3.29. The van der Waals surface area contributed by atoms with Gasteiger partial charge in [-0.3, -0.25) is 9.89 Å². The fourth-order valence-electron chi connectivity index (χ4n) is 3.23. The second kappa shape index (κ2) is 10.4. The molecule has 1 aromatic heterocycles. The van der Waals surface area contributed by atoms with E-state index in [9.17, 15) is 4.79 Å². The zero-order valence-electron chi connectivity index (χ0n) is 16.9. The van der Waals surface area contributed by atoms with Gasteiger partial charge in [-0.2, -0.15) is 5.10 Å². The van der Waals surface area contributed by atoms with Crippen molar-refractivity contribution in [3.8, 4) is 16.9 Å². The first-order chi connectivity index (χ1) is 14.2. The number of ether oxygens (including phenoxy) is 2. The summed E-state index contributed by atoms with van der Waals surface area (Å²) in [5.41, 5.74) is 3.75. The maximum atomic E-state index is 13.1. The molecule has 0 bridgehead atoms. The molecule has 29 heavy (non-hydrogen) atoms. The van der Waals surface area contributed by atoms with Crippen LogP contribution in [0.2, 0.25) is 0 Å². The number of hydrogen-bond donors (Lipinski definition) is 2. The Morgan fingerprint density at radius 2 is 2.00 bits per heavy atom. The molecule has 1 amide bonds. The SMILES string of the molecule is CCOCCCC(C(=O)Nc1ccc(-c2cn[nH]c2)cc1)c1cccc(OC)c1. The summed E-state index contributed by atoms with van der Waals surface area (Å²) < 4.78 is 10.8. The molecule has 0 aliphatic heterocycles. The third-order valence-electron chi connectivity index (χ3n) is 4.78. The van der Waals surface area contributed by atoms with Gasteiger partial charge in [0.05, 0.1) is 19.2 Å². The molecule has 3 rings (SSSR count). The predicted molar refractivity (Wildman–Crippen MR) is 114 cm³/mol. The molecule has 6 nitrogen and oxygen atoms in total. The number of methoxy groups -OCH3 is 1. The lowest BCUT2D eigenvalue weighted by Crippen LogP contribution is -2.21. The standard InChI is InChI=1S/C23H27N3O3/c1-3-29-13-5-8-22(18-6-4-7-21(14-18)28-2)23(27)26-20-11-9-17(10-12-20)19-15-24-25-16-19/h4,6-7,9-12,14-16,22H,3,5,8,13H2,1-2H3,(H,24,25)(H,26,27). The smallest absolute Gasteiger partial charge is 0.231 e. The Bertz CT molecular complexity index is 892. The van der Waals surface area contributed by atoms with Gasteiger partial charge in [-0.1, -0.05) is 24.3 Å².